The number of anilines is 1. The van der Waals surface area contributed by atoms with Gasteiger partial charge in [0, 0.05) is 11.1 Å². The summed E-state index contributed by atoms with van der Waals surface area (Å²) in [7, 11) is -2.22. The molecule has 2 rings (SSSR count). The van der Waals surface area contributed by atoms with Gasteiger partial charge in [-0.15, -0.1) is 0 Å². The number of para-hydroxylation sites is 1. The molecule has 0 fully saturated rings. The first-order valence-corrected chi connectivity index (χ1v) is 10.3. The van der Waals surface area contributed by atoms with Crippen LogP contribution in [0.15, 0.2) is 42.5 Å². The molecule has 0 aliphatic carbocycles. The Balaban J connectivity index is 2.17. The molecule has 0 aliphatic rings. The molecule has 28 heavy (non-hydrogen) atoms. The number of rotatable bonds is 8. The molecule has 0 aliphatic heterocycles. The number of hydrogen-bond acceptors (Lipinski definition) is 6. The number of carbonyl (C=O) groups excluding carboxylic acids is 2. The highest BCUT2D eigenvalue weighted by atomic mass is 32.2. The Labute approximate surface area is 164 Å². The number of methoxy groups -OCH3 is 1. The Morgan fingerprint density at radius 1 is 1.11 bits per heavy atom. The van der Waals surface area contributed by atoms with Crippen LogP contribution in [0.2, 0.25) is 0 Å². The zero-order valence-electron chi connectivity index (χ0n) is 16.3. The van der Waals surface area contributed by atoms with E-state index in [9.17, 15) is 18.0 Å². The minimum Gasteiger partial charge on any atom is -0.496 e. The molecule has 0 N–H and O–H groups in total. The van der Waals surface area contributed by atoms with Gasteiger partial charge in [0.2, 0.25) is 10.0 Å². The van der Waals surface area contributed by atoms with Crippen molar-refractivity contribution in [1.29, 1.82) is 0 Å². The average molecular weight is 405 g/mol. The Hall–Kier alpha value is -2.87. The molecule has 2 aromatic rings. The second-order valence-electron chi connectivity index (χ2n) is 6.30. The normalized spacial score (nSPS) is 11.0. The van der Waals surface area contributed by atoms with E-state index in [1.165, 1.54) is 14.0 Å². The predicted octanol–water partition coefficient (Wildman–Crippen LogP) is 2.72. The van der Waals surface area contributed by atoms with E-state index < -0.39 is 22.5 Å². The van der Waals surface area contributed by atoms with E-state index in [-0.39, 0.29) is 12.4 Å². The fraction of sp³-hybridized carbons (Fsp3) is 0.300. The Kier molecular flexibility index (Phi) is 6.80. The van der Waals surface area contributed by atoms with Crippen molar-refractivity contribution in [2.45, 2.75) is 20.5 Å². The topological polar surface area (TPSA) is 90.0 Å². The summed E-state index contributed by atoms with van der Waals surface area (Å²) in [5.41, 5.74) is 2.12. The van der Waals surface area contributed by atoms with Crippen molar-refractivity contribution in [3.8, 4) is 5.75 Å². The molecule has 7 nitrogen and oxygen atoms in total. The summed E-state index contributed by atoms with van der Waals surface area (Å²) in [6.45, 7) is 2.59. The minimum atomic E-state index is -3.69. The van der Waals surface area contributed by atoms with Crippen molar-refractivity contribution in [1.82, 2.24) is 0 Å². The molecule has 150 valence electrons. The zero-order valence-corrected chi connectivity index (χ0v) is 17.1. The van der Waals surface area contributed by atoms with Crippen molar-refractivity contribution >= 4 is 27.5 Å². The predicted molar refractivity (Wildman–Crippen MR) is 106 cm³/mol. The summed E-state index contributed by atoms with van der Waals surface area (Å²) in [4.78, 5) is 23.9. The summed E-state index contributed by atoms with van der Waals surface area (Å²) in [5.74, 6) is -0.376. The number of aryl methyl sites for hydroxylation is 1. The molecule has 2 aromatic carbocycles. The van der Waals surface area contributed by atoms with Gasteiger partial charge in [0.25, 0.3) is 0 Å². The Morgan fingerprint density at radius 2 is 1.79 bits per heavy atom. The SMILES string of the molecule is COc1ccc(C(C)=O)cc1COC(=O)CN(c1ccccc1C)S(C)(=O)=O. The maximum absolute atomic E-state index is 12.3. The van der Waals surface area contributed by atoms with Crippen LogP contribution < -0.4 is 9.04 Å². The summed E-state index contributed by atoms with van der Waals surface area (Å²) in [5, 5.41) is 0. The fourth-order valence-corrected chi connectivity index (χ4v) is 3.56. The number of ether oxygens (including phenoxy) is 2. The van der Waals surface area contributed by atoms with E-state index >= 15 is 0 Å². The molecule has 0 heterocycles. The summed E-state index contributed by atoms with van der Waals surface area (Å²) < 4.78 is 35.8. The van der Waals surface area contributed by atoms with E-state index in [2.05, 4.69) is 0 Å². The van der Waals surface area contributed by atoms with Crippen LogP contribution in [0.1, 0.15) is 28.4 Å². The number of sulfonamides is 1. The van der Waals surface area contributed by atoms with Crippen molar-refractivity contribution in [3.63, 3.8) is 0 Å². The van der Waals surface area contributed by atoms with Crippen LogP contribution in [0.4, 0.5) is 5.69 Å². The number of carbonyl (C=O) groups is 2. The van der Waals surface area contributed by atoms with E-state index in [4.69, 9.17) is 9.47 Å². The lowest BCUT2D eigenvalue weighted by Crippen LogP contribution is -2.36. The van der Waals surface area contributed by atoms with Crippen molar-refractivity contribution in [2.24, 2.45) is 0 Å². The molecule has 8 heteroatoms. The van der Waals surface area contributed by atoms with Gasteiger partial charge in [0.15, 0.2) is 5.78 Å². The zero-order chi connectivity index (χ0) is 20.9. The highest BCUT2D eigenvalue weighted by Crippen LogP contribution is 2.23. The lowest BCUT2D eigenvalue weighted by atomic mass is 10.1. The van der Waals surface area contributed by atoms with Gasteiger partial charge in [0.1, 0.15) is 18.9 Å². The molecule has 0 spiro atoms. The van der Waals surface area contributed by atoms with Gasteiger partial charge in [-0.3, -0.25) is 13.9 Å². The number of nitrogens with zero attached hydrogens (tertiary/aromatic N) is 1. The van der Waals surface area contributed by atoms with Gasteiger partial charge >= 0.3 is 5.97 Å². The first-order valence-electron chi connectivity index (χ1n) is 8.50. The third kappa shape index (κ3) is 5.32. The lowest BCUT2D eigenvalue weighted by molar-refractivity contribution is -0.143. The number of hydrogen-bond donors (Lipinski definition) is 0. The smallest absolute Gasteiger partial charge is 0.327 e. The molecular formula is C20H23NO6S. The molecule has 0 radical (unpaired) electrons. The van der Waals surface area contributed by atoms with E-state index in [0.29, 0.717) is 22.6 Å². The molecule has 0 saturated heterocycles. The van der Waals surface area contributed by atoms with Crippen molar-refractivity contribution in [3.05, 3.63) is 59.2 Å². The van der Waals surface area contributed by atoms with Crippen molar-refractivity contribution in [2.75, 3.05) is 24.2 Å². The maximum Gasteiger partial charge on any atom is 0.327 e. The van der Waals surface area contributed by atoms with Crippen LogP contribution in [-0.2, 0) is 26.2 Å². The van der Waals surface area contributed by atoms with E-state index in [0.717, 1.165) is 16.1 Å². The highest BCUT2D eigenvalue weighted by Gasteiger charge is 2.23. The van der Waals surface area contributed by atoms with E-state index in [1.807, 2.05) is 0 Å². The van der Waals surface area contributed by atoms with Gasteiger partial charge in [-0.25, -0.2) is 8.42 Å². The standard InChI is InChI=1S/C20H23NO6S/c1-14-7-5-6-8-18(14)21(28(4,24)25)12-20(23)27-13-17-11-16(15(2)22)9-10-19(17)26-3/h5-11H,12-13H2,1-4H3. The fourth-order valence-electron chi connectivity index (χ4n) is 2.66. The molecule has 0 amide bonds. The quantitative estimate of drug-likeness (QED) is 0.495. The molecule has 0 atom stereocenters. The van der Waals surface area contributed by atoms with Gasteiger partial charge in [-0.2, -0.15) is 0 Å². The molecule has 0 aromatic heterocycles. The van der Waals surface area contributed by atoms with Crippen molar-refractivity contribution < 1.29 is 27.5 Å². The number of Topliss-reactive ketones (excluding diaryl/α,β-unsaturated/α-hetero) is 1. The number of esters is 1. The van der Waals surface area contributed by atoms with Crippen LogP contribution in [0.5, 0.6) is 5.75 Å². The maximum atomic E-state index is 12.3. The highest BCUT2D eigenvalue weighted by molar-refractivity contribution is 7.92. The molecule has 0 unspecified atom stereocenters. The van der Waals surface area contributed by atoms with Gasteiger partial charge in [-0.05, 0) is 43.7 Å². The monoisotopic (exact) mass is 405 g/mol. The second kappa shape index (κ2) is 8.88. The van der Waals surface area contributed by atoms with Gasteiger partial charge in [0.05, 0.1) is 19.1 Å². The first-order chi connectivity index (χ1) is 13.1. The largest absolute Gasteiger partial charge is 0.496 e. The Bertz CT molecular complexity index is 984. The van der Waals surface area contributed by atoms with Crippen LogP contribution in [-0.4, -0.2) is 40.1 Å². The molecule has 0 bridgehead atoms. The van der Waals surface area contributed by atoms with Crippen LogP contribution >= 0.6 is 0 Å². The number of ketones is 1. The summed E-state index contributed by atoms with van der Waals surface area (Å²) in [6.07, 6.45) is 1.03. The van der Waals surface area contributed by atoms with Crippen LogP contribution in [0.3, 0.4) is 0 Å². The number of benzene rings is 2. The summed E-state index contributed by atoms with van der Waals surface area (Å²) in [6, 6.07) is 11.7. The lowest BCUT2D eigenvalue weighted by Gasteiger charge is -2.23. The first kappa shape index (κ1) is 21.4. The second-order valence-corrected chi connectivity index (χ2v) is 8.21. The van der Waals surface area contributed by atoms with Crippen LogP contribution in [0.25, 0.3) is 0 Å². The van der Waals surface area contributed by atoms with Gasteiger partial charge in [-0.1, -0.05) is 18.2 Å². The Morgan fingerprint density at radius 3 is 2.36 bits per heavy atom. The van der Waals surface area contributed by atoms with E-state index in [1.54, 1.807) is 49.4 Å². The minimum absolute atomic E-state index is 0.127. The molecule has 0 saturated carbocycles. The summed E-state index contributed by atoms with van der Waals surface area (Å²) >= 11 is 0. The molecular weight excluding hydrogens is 382 g/mol. The third-order valence-electron chi connectivity index (χ3n) is 4.13. The third-order valence-corrected chi connectivity index (χ3v) is 5.26. The average Bonchev–Trinajstić information content (AvgIpc) is 2.64. The van der Waals surface area contributed by atoms with Gasteiger partial charge < -0.3 is 9.47 Å². The van der Waals surface area contributed by atoms with Crippen LogP contribution in [0, 0.1) is 6.92 Å².